The van der Waals surface area contributed by atoms with Crippen molar-refractivity contribution in [1.82, 2.24) is 0 Å². The lowest BCUT2D eigenvalue weighted by Crippen LogP contribution is -2.30. The summed E-state index contributed by atoms with van der Waals surface area (Å²) in [5, 5.41) is 3.22. The summed E-state index contributed by atoms with van der Waals surface area (Å²) < 4.78 is 35.4. The number of benzene rings is 3. The second-order valence-corrected chi connectivity index (χ2v) is 13.6. The summed E-state index contributed by atoms with van der Waals surface area (Å²) in [7, 11) is -5.52. The van der Waals surface area contributed by atoms with Crippen LogP contribution in [0.5, 0.6) is 0 Å². The van der Waals surface area contributed by atoms with Gasteiger partial charge in [-0.05, 0) is 73.2 Å². The Morgan fingerprint density at radius 1 is 0.571 bits per heavy atom. The van der Waals surface area contributed by atoms with Gasteiger partial charge < -0.3 is 0 Å². The molecule has 0 bridgehead atoms. The molecule has 0 aliphatic heterocycles. The van der Waals surface area contributed by atoms with Crippen LogP contribution in [0.4, 0.5) is 0 Å². The lowest BCUT2D eigenvalue weighted by atomic mass is 9.84. The summed E-state index contributed by atoms with van der Waals surface area (Å²) >= 11 is 0. The minimum atomic E-state index is -4.35. The van der Waals surface area contributed by atoms with E-state index in [4.69, 9.17) is 0 Å². The molecule has 0 aromatic heterocycles. The standard InChI is InChI=1S/C30H35O3PS/c31-35(32,33)30-22-12-11-21-29(30)34(27-19-9-7-17-25(27)23-13-3-1-4-14-23)28-20-10-8-18-26(28)24-15-5-2-6-16-24/h7-12,17-24H,1-6,13-16H2,(H,31,32,33). The van der Waals surface area contributed by atoms with E-state index in [0.29, 0.717) is 11.8 Å². The summed E-state index contributed by atoms with van der Waals surface area (Å²) in [6, 6.07) is 24.5. The Bertz CT molecular complexity index is 1200. The Balaban J connectivity index is 1.74. The molecule has 35 heavy (non-hydrogen) atoms. The topological polar surface area (TPSA) is 54.4 Å². The summed E-state index contributed by atoms with van der Waals surface area (Å²) in [5.41, 5.74) is 2.73. The van der Waals surface area contributed by atoms with Gasteiger partial charge in [-0.15, -0.1) is 0 Å². The molecule has 0 amide bonds. The Labute approximate surface area is 211 Å². The van der Waals surface area contributed by atoms with Gasteiger partial charge in [0.25, 0.3) is 10.1 Å². The molecule has 3 aromatic carbocycles. The third-order valence-electron chi connectivity index (χ3n) is 7.83. The largest absolute Gasteiger partial charge is 0.295 e. The molecule has 5 rings (SSSR count). The molecule has 1 N–H and O–H groups in total. The SMILES string of the molecule is O=S(=O)(O)c1ccccc1P(c1ccccc1C1CCCCC1)c1ccccc1C1CCCCC1. The average molecular weight is 507 g/mol. The highest BCUT2D eigenvalue weighted by Crippen LogP contribution is 2.44. The number of rotatable bonds is 6. The predicted octanol–water partition coefficient (Wildman–Crippen LogP) is 6.79. The van der Waals surface area contributed by atoms with Crippen molar-refractivity contribution in [2.24, 2.45) is 0 Å². The van der Waals surface area contributed by atoms with E-state index in [1.165, 1.54) is 85.9 Å². The zero-order valence-corrected chi connectivity index (χ0v) is 22.0. The molecular weight excluding hydrogens is 471 g/mol. The first-order valence-electron chi connectivity index (χ1n) is 13.1. The Morgan fingerprint density at radius 3 is 1.43 bits per heavy atom. The van der Waals surface area contributed by atoms with E-state index in [9.17, 15) is 13.0 Å². The lowest BCUT2D eigenvalue weighted by molar-refractivity contribution is 0.444. The van der Waals surface area contributed by atoms with Crippen molar-refractivity contribution < 1.29 is 13.0 Å². The van der Waals surface area contributed by atoms with Crippen molar-refractivity contribution in [3.63, 3.8) is 0 Å². The van der Waals surface area contributed by atoms with Gasteiger partial charge in [0.05, 0.1) is 0 Å². The van der Waals surface area contributed by atoms with Gasteiger partial charge in [-0.3, -0.25) is 4.55 Å². The fourth-order valence-corrected chi connectivity index (χ4v) is 10.2. The van der Waals surface area contributed by atoms with Crippen LogP contribution in [0, 0.1) is 0 Å². The Morgan fingerprint density at radius 2 is 0.971 bits per heavy atom. The molecule has 2 aliphatic rings. The summed E-state index contributed by atoms with van der Waals surface area (Å²) in [4.78, 5) is 0.0444. The van der Waals surface area contributed by atoms with E-state index in [-0.39, 0.29) is 4.90 Å². The molecule has 2 fully saturated rings. The van der Waals surface area contributed by atoms with E-state index < -0.39 is 18.0 Å². The van der Waals surface area contributed by atoms with Crippen LogP contribution >= 0.6 is 7.92 Å². The monoisotopic (exact) mass is 506 g/mol. The van der Waals surface area contributed by atoms with Crippen LogP contribution in [0.3, 0.4) is 0 Å². The highest BCUT2D eigenvalue weighted by Gasteiger charge is 2.31. The summed E-state index contributed by atoms with van der Waals surface area (Å²) in [6.07, 6.45) is 12.3. The van der Waals surface area contributed by atoms with Gasteiger partial charge in [0.2, 0.25) is 0 Å². The quantitative estimate of drug-likeness (QED) is 0.296. The van der Waals surface area contributed by atoms with Crippen LogP contribution in [-0.4, -0.2) is 13.0 Å². The number of hydrogen-bond donors (Lipinski definition) is 1. The lowest BCUT2D eigenvalue weighted by Gasteiger charge is -2.32. The van der Waals surface area contributed by atoms with Crippen LogP contribution in [0.15, 0.2) is 77.7 Å². The fourth-order valence-electron chi connectivity index (χ4n) is 6.15. The van der Waals surface area contributed by atoms with E-state index in [1.807, 2.05) is 12.1 Å². The first-order chi connectivity index (χ1) is 17.0. The second-order valence-electron chi connectivity index (χ2n) is 10.1. The maximum Gasteiger partial charge on any atom is 0.295 e. The molecule has 2 aliphatic carbocycles. The van der Waals surface area contributed by atoms with E-state index >= 15 is 0 Å². The van der Waals surface area contributed by atoms with Crippen LogP contribution in [0.2, 0.25) is 0 Å². The molecule has 0 atom stereocenters. The molecule has 3 aromatic rings. The molecule has 2 saturated carbocycles. The van der Waals surface area contributed by atoms with Gasteiger partial charge in [-0.25, -0.2) is 0 Å². The first kappa shape index (κ1) is 24.7. The van der Waals surface area contributed by atoms with E-state index in [1.54, 1.807) is 12.1 Å². The van der Waals surface area contributed by atoms with Crippen LogP contribution in [0.25, 0.3) is 0 Å². The van der Waals surface area contributed by atoms with E-state index in [2.05, 4.69) is 48.5 Å². The van der Waals surface area contributed by atoms with Gasteiger partial charge in [-0.2, -0.15) is 8.42 Å². The van der Waals surface area contributed by atoms with Gasteiger partial charge in [-0.1, -0.05) is 105 Å². The molecule has 184 valence electrons. The normalized spacial score (nSPS) is 18.1. The number of hydrogen-bond acceptors (Lipinski definition) is 2. The van der Waals surface area contributed by atoms with Crippen LogP contribution < -0.4 is 15.9 Å². The van der Waals surface area contributed by atoms with Crippen molar-refractivity contribution >= 4 is 34.0 Å². The first-order valence-corrected chi connectivity index (χ1v) is 15.9. The molecule has 3 nitrogen and oxygen atoms in total. The predicted molar refractivity (Wildman–Crippen MR) is 147 cm³/mol. The highest BCUT2D eigenvalue weighted by atomic mass is 32.2. The maximum absolute atomic E-state index is 12.6. The van der Waals surface area contributed by atoms with Crippen molar-refractivity contribution in [2.45, 2.75) is 80.9 Å². The Kier molecular flexibility index (Phi) is 7.72. The Hall–Kier alpha value is -2.00. The average Bonchev–Trinajstić information content (AvgIpc) is 2.90. The van der Waals surface area contributed by atoms with Crippen molar-refractivity contribution in [1.29, 1.82) is 0 Å². The third-order valence-corrected chi connectivity index (χ3v) is 11.5. The summed E-state index contributed by atoms with van der Waals surface area (Å²) in [6.45, 7) is 0. The fraction of sp³-hybridized carbons (Fsp3) is 0.400. The second kappa shape index (κ2) is 10.9. The highest BCUT2D eigenvalue weighted by molar-refractivity contribution is 7.88. The molecule has 0 unspecified atom stereocenters. The van der Waals surface area contributed by atoms with Gasteiger partial charge in [0.15, 0.2) is 0 Å². The third kappa shape index (κ3) is 5.40. The molecule has 0 radical (unpaired) electrons. The maximum atomic E-state index is 12.6. The van der Waals surface area contributed by atoms with Gasteiger partial charge in [0.1, 0.15) is 4.90 Å². The smallest absolute Gasteiger partial charge is 0.282 e. The molecule has 0 heterocycles. The molecule has 0 saturated heterocycles. The minimum Gasteiger partial charge on any atom is -0.282 e. The zero-order chi connectivity index (χ0) is 24.3. The van der Waals surface area contributed by atoms with Gasteiger partial charge >= 0.3 is 0 Å². The van der Waals surface area contributed by atoms with E-state index in [0.717, 1.165) is 5.30 Å². The molecule has 5 heteroatoms. The van der Waals surface area contributed by atoms with Crippen LogP contribution in [-0.2, 0) is 10.1 Å². The zero-order valence-electron chi connectivity index (χ0n) is 20.3. The summed E-state index contributed by atoms with van der Waals surface area (Å²) in [5.74, 6) is 1.01. The minimum absolute atomic E-state index is 0.0444. The van der Waals surface area contributed by atoms with Crippen LogP contribution in [0.1, 0.15) is 87.2 Å². The van der Waals surface area contributed by atoms with Crippen molar-refractivity contribution in [2.75, 3.05) is 0 Å². The van der Waals surface area contributed by atoms with Crippen molar-refractivity contribution in [3.05, 3.63) is 83.9 Å². The van der Waals surface area contributed by atoms with Gasteiger partial charge in [0, 0.05) is 5.30 Å². The molecule has 0 spiro atoms. The van der Waals surface area contributed by atoms with Crippen molar-refractivity contribution in [3.8, 4) is 0 Å². The molecular formula is C30H35O3PS.